The summed E-state index contributed by atoms with van der Waals surface area (Å²) in [4.78, 5) is 0. The number of thiol groups is 1. The third-order valence-corrected chi connectivity index (χ3v) is 4.77. The van der Waals surface area contributed by atoms with Crippen molar-refractivity contribution in [3.8, 4) is 0 Å². The maximum Gasteiger partial charge on any atom is 0.491 e. The van der Waals surface area contributed by atoms with E-state index in [1.165, 1.54) is 12.1 Å². The molecule has 1 aromatic carbocycles. The molecule has 0 radical (unpaired) electrons. The van der Waals surface area contributed by atoms with Crippen LogP contribution in [0.3, 0.4) is 0 Å². The van der Waals surface area contributed by atoms with Crippen LogP contribution in [0.25, 0.3) is 6.08 Å². The molecule has 6 heteroatoms. The zero-order chi connectivity index (χ0) is 16.5. The summed E-state index contributed by atoms with van der Waals surface area (Å²) in [7, 11) is -0.489. The molecule has 1 aliphatic rings. The molecular formula is C16H23BFNO2S. The zero-order valence-corrected chi connectivity index (χ0v) is 14.4. The lowest BCUT2D eigenvalue weighted by Gasteiger charge is -2.32. The number of nitrogens with two attached hydrogens (primary N) is 1. The standard InChI is InChI=1S/C16H23BFNO2S/c1-15(2)16(3,4)21-17(20-15)13(10-22)7-12-8-14(18)6-5-11(12)9-19/h5-8,22H,9-10,19H2,1-4H3. The molecule has 2 rings (SSSR count). The Morgan fingerprint density at radius 1 is 1.27 bits per heavy atom. The van der Waals surface area contributed by atoms with Gasteiger partial charge in [0.05, 0.1) is 11.2 Å². The summed E-state index contributed by atoms with van der Waals surface area (Å²) >= 11 is 4.37. The summed E-state index contributed by atoms with van der Waals surface area (Å²) in [6, 6.07) is 4.58. The van der Waals surface area contributed by atoms with Crippen molar-refractivity contribution < 1.29 is 13.7 Å². The molecular weight excluding hydrogens is 300 g/mol. The highest BCUT2D eigenvalue weighted by molar-refractivity contribution is 7.80. The van der Waals surface area contributed by atoms with Gasteiger partial charge in [-0.3, -0.25) is 0 Å². The summed E-state index contributed by atoms with van der Waals surface area (Å²) in [5.74, 6) is 0.160. The highest BCUT2D eigenvalue weighted by Crippen LogP contribution is 2.39. The van der Waals surface area contributed by atoms with E-state index in [4.69, 9.17) is 15.0 Å². The summed E-state index contributed by atoms with van der Waals surface area (Å²) in [5, 5.41) is 0. The van der Waals surface area contributed by atoms with Gasteiger partial charge in [-0.15, -0.1) is 0 Å². The van der Waals surface area contributed by atoms with Crippen molar-refractivity contribution in [2.75, 3.05) is 5.75 Å². The van der Waals surface area contributed by atoms with E-state index in [1.807, 2.05) is 33.8 Å². The molecule has 1 saturated heterocycles. The first-order chi connectivity index (χ1) is 10.2. The molecule has 1 aliphatic heterocycles. The second kappa shape index (κ2) is 6.36. The van der Waals surface area contributed by atoms with Crippen molar-refractivity contribution in [1.29, 1.82) is 0 Å². The normalized spacial score (nSPS) is 20.5. The maximum atomic E-state index is 13.5. The van der Waals surface area contributed by atoms with E-state index in [-0.39, 0.29) is 5.82 Å². The van der Waals surface area contributed by atoms with E-state index < -0.39 is 18.3 Å². The van der Waals surface area contributed by atoms with Crippen LogP contribution in [0, 0.1) is 5.82 Å². The molecule has 22 heavy (non-hydrogen) atoms. The average Bonchev–Trinajstić information content (AvgIpc) is 2.64. The fourth-order valence-corrected chi connectivity index (χ4v) is 2.51. The first-order valence-electron chi connectivity index (χ1n) is 7.35. The van der Waals surface area contributed by atoms with E-state index in [2.05, 4.69) is 12.6 Å². The Morgan fingerprint density at radius 3 is 2.36 bits per heavy atom. The molecule has 0 aromatic heterocycles. The van der Waals surface area contributed by atoms with Gasteiger partial charge in [0.25, 0.3) is 0 Å². The second-order valence-electron chi connectivity index (χ2n) is 6.51. The van der Waals surface area contributed by atoms with Gasteiger partial charge in [-0.25, -0.2) is 4.39 Å². The Kier molecular flexibility index (Phi) is 5.07. The first kappa shape index (κ1) is 17.5. The van der Waals surface area contributed by atoms with Crippen molar-refractivity contribution in [3.05, 3.63) is 40.6 Å². The molecule has 0 unspecified atom stereocenters. The van der Waals surface area contributed by atoms with Crippen LogP contribution in [0.2, 0.25) is 0 Å². The van der Waals surface area contributed by atoms with Gasteiger partial charge in [0.2, 0.25) is 0 Å². The molecule has 0 amide bonds. The van der Waals surface area contributed by atoms with Crippen LogP contribution in [0.15, 0.2) is 23.7 Å². The topological polar surface area (TPSA) is 44.5 Å². The minimum atomic E-state index is -0.489. The minimum absolute atomic E-state index is 0.295. The van der Waals surface area contributed by atoms with Gasteiger partial charge in [0.15, 0.2) is 0 Å². The predicted molar refractivity (Wildman–Crippen MR) is 92.2 cm³/mol. The van der Waals surface area contributed by atoms with Crippen molar-refractivity contribution in [2.24, 2.45) is 5.73 Å². The highest BCUT2D eigenvalue weighted by atomic mass is 32.1. The molecule has 0 atom stereocenters. The minimum Gasteiger partial charge on any atom is -0.400 e. The maximum absolute atomic E-state index is 13.5. The Labute approximate surface area is 137 Å². The van der Waals surface area contributed by atoms with Crippen LogP contribution in [0.5, 0.6) is 0 Å². The Morgan fingerprint density at radius 2 is 1.86 bits per heavy atom. The van der Waals surface area contributed by atoms with Crippen LogP contribution in [-0.2, 0) is 15.9 Å². The van der Waals surface area contributed by atoms with E-state index in [0.717, 1.165) is 16.6 Å². The molecule has 120 valence electrons. The van der Waals surface area contributed by atoms with Gasteiger partial charge in [-0.1, -0.05) is 12.1 Å². The average molecular weight is 323 g/mol. The lowest BCUT2D eigenvalue weighted by Crippen LogP contribution is -2.41. The fraction of sp³-hybridized carbons (Fsp3) is 0.500. The third kappa shape index (κ3) is 3.40. The van der Waals surface area contributed by atoms with E-state index in [0.29, 0.717) is 12.3 Å². The second-order valence-corrected chi connectivity index (χ2v) is 6.83. The Hall–Kier alpha value is -0.815. The van der Waals surface area contributed by atoms with Crippen molar-refractivity contribution in [3.63, 3.8) is 0 Å². The number of rotatable bonds is 4. The lowest BCUT2D eigenvalue weighted by atomic mass is 9.78. The van der Waals surface area contributed by atoms with Crippen LogP contribution in [-0.4, -0.2) is 24.1 Å². The molecule has 3 nitrogen and oxygen atoms in total. The van der Waals surface area contributed by atoms with E-state index >= 15 is 0 Å². The molecule has 0 aliphatic carbocycles. The third-order valence-electron chi connectivity index (χ3n) is 4.41. The smallest absolute Gasteiger partial charge is 0.400 e. The van der Waals surface area contributed by atoms with Crippen molar-refractivity contribution in [1.82, 2.24) is 0 Å². The summed E-state index contributed by atoms with van der Waals surface area (Å²) in [5.41, 5.74) is 7.35. The van der Waals surface area contributed by atoms with Gasteiger partial charge in [0.1, 0.15) is 5.82 Å². The fourth-order valence-electron chi connectivity index (χ4n) is 2.27. The molecule has 0 spiro atoms. The predicted octanol–water partition coefficient (Wildman–Crippen LogP) is 3.23. The molecule has 1 fully saturated rings. The van der Waals surface area contributed by atoms with Gasteiger partial charge < -0.3 is 15.0 Å². The number of hydrogen-bond donors (Lipinski definition) is 2. The SMILES string of the molecule is CC1(C)OB(C(=Cc2cc(F)ccc2CN)CS)OC1(C)C. The van der Waals surface area contributed by atoms with Gasteiger partial charge in [-0.05, 0) is 56.4 Å². The van der Waals surface area contributed by atoms with Crippen LogP contribution >= 0.6 is 12.6 Å². The number of hydrogen-bond acceptors (Lipinski definition) is 4. The molecule has 1 aromatic rings. The van der Waals surface area contributed by atoms with Gasteiger partial charge in [-0.2, -0.15) is 12.6 Å². The first-order valence-corrected chi connectivity index (χ1v) is 7.99. The van der Waals surface area contributed by atoms with Crippen molar-refractivity contribution >= 4 is 25.8 Å². The van der Waals surface area contributed by atoms with Crippen LogP contribution in [0.1, 0.15) is 38.8 Å². The summed E-state index contributed by atoms with van der Waals surface area (Å²) < 4.78 is 25.6. The van der Waals surface area contributed by atoms with E-state index in [9.17, 15) is 4.39 Å². The number of benzene rings is 1. The monoisotopic (exact) mass is 323 g/mol. The lowest BCUT2D eigenvalue weighted by molar-refractivity contribution is 0.00578. The molecule has 0 saturated carbocycles. The molecule has 1 heterocycles. The quantitative estimate of drug-likeness (QED) is 0.660. The summed E-state index contributed by atoms with van der Waals surface area (Å²) in [6.45, 7) is 8.33. The molecule has 2 N–H and O–H groups in total. The largest absolute Gasteiger partial charge is 0.491 e. The van der Waals surface area contributed by atoms with Gasteiger partial charge >= 0.3 is 7.12 Å². The molecule has 0 bridgehead atoms. The van der Waals surface area contributed by atoms with Gasteiger partial charge in [0, 0.05) is 12.3 Å². The van der Waals surface area contributed by atoms with Crippen LogP contribution < -0.4 is 5.73 Å². The zero-order valence-electron chi connectivity index (χ0n) is 13.5. The van der Waals surface area contributed by atoms with E-state index in [1.54, 1.807) is 6.07 Å². The Bertz CT molecular complexity index is 574. The highest BCUT2D eigenvalue weighted by Gasteiger charge is 2.52. The van der Waals surface area contributed by atoms with Crippen molar-refractivity contribution in [2.45, 2.75) is 45.4 Å². The Balaban J connectivity index is 2.35. The number of halogens is 1. The summed E-state index contributed by atoms with van der Waals surface area (Å²) in [6.07, 6.45) is 1.86. The van der Waals surface area contributed by atoms with Crippen LogP contribution in [0.4, 0.5) is 4.39 Å².